The van der Waals surface area contributed by atoms with Crippen LogP contribution in [0.2, 0.25) is 0 Å². The van der Waals surface area contributed by atoms with Crippen LogP contribution in [0.25, 0.3) is 0 Å². The molecule has 1 saturated heterocycles. The molecule has 1 aliphatic carbocycles. The highest BCUT2D eigenvalue weighted by molar-refractivity contribution is 5.77. The fourth-order valence-corrected chi connectivity index (χ4v) is 4.27. The Balaban J connectivity index is 1.57. The average Bonchev–Trinajstić information content (AvgIpc) is 3.22. The minimum Gasteiger partial charge on any atom is -0.445 e. The second-order valence-corrected chi connectivity index (χ2v) is 8.68. The number of nitrogens with zero attached hydrogens (tertiary/aromatic N) is 2. The first-order chi connectivity index (χ1) is 11.9. The molecule has 1 amide bonds. The molecule has 5 heteroatoms. The Morgan fingerprint density at radius 2 is 2.04 bits per heavy atom. The highest BCUT2D eigenvalue weighted by Gasteiger charge is 2.38. The summed E-state index contributed by atoms with van der Waals surface area (Å²) in [5.74, 6) is 1.94. The van der Waals surface area contributed by atoms with E-state index in [9.17, 15) is 9.90 Å². The van der Waals surface area contributed by atoms with Crippen molar-refractivity contribution in [3.05, 3.63) is 17.8 Å². The monoisotopic (exact) mass is 348 g/mol. The quantitative estimate of drug-likeness (QED) is 0.905. The van der Waals surface area contributed by atoms with Gasteiger partial charge in [0.15, 0.2) is 5.89 Å². The van der Waals surface area contributed by atoms with Gasteiger partial charge in [0.1, 0.15) is 5.76 Å². The van der Waals surface area contributed by atoms with Crippen molar-refractivity contribution in [2.24, 2.45) is 5.92 Å². The van der Waals surface area contributed by atoms with E-state index >= 15 is 0 Å². The number of rotatable bonds is 4. The summed E-state index contributed by atoms with van der Waals surface area (Å²) in [6.07, 6.45) is 8.80. The van der Waals surface area contributed by atoms with E-state index in [1.165, 1.54) is 6.42 Å². The predicted octanol–water partition coefficient (Wildman–Crippen LogP) is 3.45. The number of carbonyl (C=O) groups excluding carboxylic acids is 1. The molecule has 3 unspecified atom stereocenters. The average molecular weight is 348 g/mol. The van der Waals surface area contributed by atoms with Crippen molar-refractivity contribution < 1.29 is 14.3 Å². The molecular weight excluding hydrogens is 316 g/mol. The molecule has 0 spiro atoms. The largest absolute Gasteiger partial charge is 0.445 e. The third kappa shape index (κ3) is 4.25. The van der Waals surface area contributed by atoms with Gasteiger partial charge in [-0.05, 0) is 25.7 Å². The normalized spacial score (nSPS) is 27.7. The van der Waals surface area contributed by atoms with Gasteiger partial charge in [-0.1, -0.05) is 33.6 Å². The third-order valence-electron chi connectivity index (χ3n) is 5.74. The molecule has 1 N–H and O–H groups in total. The number of amides is 1. The predicted molar refractivity (Wildman–Crippen MR) is 96.2 cm³/mol. The van der Waals surface area contributed by atoms with E-state index < -0.39 is 0 Å². The summed E-state index contributed by atoms with van der Waals surface area (Å²) in [6.45, 7) is 7.10. The lowest BCUT2D eigenvalue weighted by Gasteiger charge is -2.37. The first kappa shape index (κ1) is 18.4. The van der Waals surface area contributed by atoms with Gasteiger partial charge in [0.05, 0.1) is 12.3 Å². The van der Waals surface area contributed by atoms with Crippen LogP contribution in [0.4, 0.5) is 0 Å². The van der Waals surface area contributed by atoms with Gasteiger partial charge >= 0.3 is 0 Å². The summed E-state index contributed by atoms with van der Waals surface area (Å²) < 4.78 is 5.80. The molecule has 3 rings (SSSR count). The minimum absolute atomic E-state index is 0.0631. The zero-order valence-electron chi connectivity index (χ0n) is 15.8. The van der Waals surface area contributed by atoms with Crippen molar-refractivity contribution in [2.45, 2.75) is 89.7 Å². The number of aliphatic hydroxyl groups is 1. The maximum Gasteiger partial charge on any atom is 0.223 e. The Hall–Kier alpha value is -1.36. The fourth-order valence-electron chi connectivity index (χ4n) is 4.27. The summed E-state index contributed by atoms with van der Waals surface area (Å²) in [5.41, 5.74) is -0.0631. The fraction of sp³-hybridized carbons (Fsp3) is 0.800. The number of likely N-dealkylation sites (tertiary alicyclic amines) is 1. The third-order valence-corrected chi connectivity index (χ3v) is 5.74. The van der Waals surface area contributed by atoms with Crippen molar-refractivity contribution in [3.8, 4) is 0 Å². The van der Waals surface area contributed by atoms with Crippen LogP contribution in [0.3, 0.4) is 0 Å². The van der Waals surface area contributed by atoms with Gasteiger partial charge < -0.3 is 14.4 Å². The molecule has 5 nitrogen and oxygen atoms in total. The molecule has 140 valence electrons. The molecule has 1 aliphatic heterocycles. The lowest BCUT2D eigenvalue weighted by molar-refractivity contribution is -0.134. The molecule has 0 radical (unpaired) electrons. The van der Waals surface area contributed by atoms with E-state index in [-0.39, 0.29) is 29.4 Å². The van der Waals surface area contributed by atoms with E-state index in [0.717, 1.165) is 44.4 Å². The van der Waals surface area contributed by atoms with Gasteiger partial charge in [-0.2, -0.15) is 0 Å². The first-order valence-electron chi connectivity index (χ1n) is 9.79. The second kappa shape index (κ2) is 7.48. The van der Waals surface area contributed by atoms with E-state index in [2.05, 4.69) is 25.8 Å². The number of oxazole rings is 1. The van der Waals surface area contributed by atoms with Crippen LogP contribution in [-0.4, -0.2) is 39.6 Å². The van der Waals surface area contributed by atoms with E-state index in [4.69, 9.17) is 4.42 Å². The molecule has 2 aliphatic rings. The second-order valence-electron chi connectivity index (χ2n) is 8.68. The van der Waals surface area contributed by atoms with Crippen LogP contribution in [0.1, 0.15) is 77.4 Å². The van der Waals surface area contributed by atoms with E-state index in [0.29, 0.717) is 18.7 Å². The summed E-state index contributed by atoms with van der Waals surface area (Å²) >= 11 is 0. The standard InChI is InChI=1S/C20H32N2O3/c1-20(2,3)17-13-21-18(25-17)10-11-19(24)22-12-6-8-15(22)14-7-4-5-9-16(14)23/h13-16,23H,4-12H2,1-3H3. The Morgan fingerprint density at radius 3 is 2.72 bits per heavy atom. The molecular formula is C20H32N2O3. The number of hydrogen-bond donors (Lipinski definition) is 1. The SMILES string of the molecule is CC(C)(C)c1cnc(CCC(=O)N2CCCC2C2CCCCC2O)o1. The number of aromatic nitrogens is 1. The van der Waals surface area contributed by atoms with Crippen LogP contribution in [0.15, 0.2) is 10.6 Å². The van der Waals surface area contributed by atoms with Crippen LogP contribution in [0, 0.1) is 5.92 Å². The molecule has 25 heavy (non-hydrogen) atoms. The molecule has 1 saturated carbocycles. The Morgan fingerprint density at radius 1 is 1.28 bits per heavy atom. The first-order valence-corrected chi connectivity index (χ1v) is 9.79. The van der Waals surface area contributed by atoms with Crippen LogP contribution < -0.4 is 0 Å². The molecule has 2 fully saturated rings. The lowest BCUT2D eigenvalue weighted by Crippen LogP contribution is -2.45. The lowest BCUT2D eigenvalue weighted by atomic mass is 9.80. The Kier molecular flexibility index (Phi) is 5.52. The molecule has 2 heterocycles. The number of aliphatic hydroxyl groups excluding tert-OH is 1. The van der Waals surface area contributed by atoms with Crippen LogP contribution in [0.5, 0.6) is 0 Å². The van der Waals surface area contributed by atoms with E-state index in [1.807, 2.05) is 4.90 Å². The number of hydrogen-bond acceptors (Lipinski definition) is 4. The van der Waals surface area contributed by atoms with E-state index in [1.54, 1.807) is 6.20 Å². The van der Waals surface area contributed by atoms with Crippen molar-refractivity contribution in [3.63, 3.8) is 0 Å². The van der Waals surface area contributed by atoms with Gasteiger partial charge in [-0.25, -0.2) is 4.98 Å². The van der Waals surface area contributed by atoms with Crippen molar-refractivity contribution in [1.82, 2.24) is 9.88 Å². The number of carbonyl (C=O) groups is 1. The smallest absolute Gasteiger partial charge is 0.223 e. The van der Waals surface area contributed by atoms with Gasteiger partial charge in [0, 0.05) is 36.8 Å². The highest BCUT2D eigenvalue weighted by atomic mass is 16.4. The van der Waals surface area contributed by atoms with Crippen LogP contribution >= 0.6 is 0 Å². The zero-order valence-corrected chi connectivity index (χ0v) is 15.8. The number of aryl methyl sites for hydroxylation is 1. The van der Waals surface area contributed by atoms with Gasteiger partial charge in [0.25, 0.3) is 0 Å². The summed E-state index contributed by atoms with van der Waals surface area (Å²) in [7, 11) is 0. The van der Waals surface area contributed by atoms with Crippen LogP contribution in [-0.2, 0) is 16.6 Å². The molecule has 1 aromatic rings. The molecule has 3 atom stereocenters. The minimum atomic E-state index is -0.242. The zero-order chi connectivity index (χ0) is 18.0. The summed E-state index contributed by atoms with van der Waals surface area (Å²) in [6, 6.07) is 0.220. The summed E-state index contributed by atoms with van der Waals surface area (Å²) in [4.78, 5) is 19.1. The van der Waals surface area contributed by atoms with Gasteiger partial charge in [0.2, 0.25) is 5.91 Å². The molecule has 1 aromatic heterocycles. The van der Waals surface area contributed by atoms with Gasteiger partial charge in [-0.15, -0.1) is 0 Å². The van der Waals surface area contributed by atoms with Gasteiger partial charge in [-0.3, -0.25) is 4.79 Å². The Labute approximate surface area is 150 Å². The molecule has 0 aromatic carbocycles. The highest BCUT2D eigenvalue weighted by Crippen LogP contribution is 2.35. The van der Waals surface area contributed by atoms with Crippen molar-refractivity contribution in [2.75, 3.05) is 6.54 Å². The maximum absolute atomic E-state index is 12.8. The topological polar surface area (TPSA) is 66.6 Å². The summed E-state index contributed by atoms with van der Waals surface area (Å²) in [5, 5.41) is 10.4. The maximum atomic E-state index is 12.8. The Bertz CT molecular complexity index is 590. The van der Waals surface area contributed by atoms with Crippen molar-refractivity contribution >= 4 is 5.91 Å². The molecule has 0 bridgehead atoms. The van der Waals surface area contributed by atoms with Crippen molar-refractivity contribution in [1.29, 1.82) is 0 Å².